The van der Waals surface area contributed by atoms with Gasteiger partial charge in [0.05, 0.1) is 5.41 Å². The lowest BCUT2D eigenvalue weighted by Gasteiger charge is -2.46. The standard InChI is InChI=1S/C12H13NO/c1-9-12(7-8-12)11(14)13(9)10-5-3-2-4-6-10/h2-6,9H,7-8H2,1H3. The Balaban J connectivity index is 1.92. The summed E-state index contributed by atoms with van der Waals surface area (Å²) in [6, 6.07) is 10.3. The maximum atomic E-state index is 11.9. The predicted octanol–water partition coefficient (Wildman–Crippen LogP) is 2.20. The average molecular weight is 187 g/mol. The van der Waals surface area contributed by atoms with Crippen molar-refractivity contribution in [3.8, 4) is 0 Å². The number of amides is 1. The molecule has 1 saturated heterocycles. The van der Waals surface area contributed by atoms with Gasteiger partial charge in [0, 0.05) is 11.7 Å². The molecule has 0 radical (unpaired) electrons. The van der Waals surface area contributed by atoms with E-state index < -0.39 is 0 Å². The van der Waals surface area contributed by atoms with Gasteiger partial charge in [-0.25, -0.2) is 0 Å². The van der Waals surface area contributed by atoms with Crippen LogP contribution in [-0.2, 0) is 4.79 Å². The van der Waals surface area contributed by atoms with E-state index in [9.17, 15) is 4.79 Å². The molecule has 1 aliphatic heterocycles. The Morgan fingerprint density at radius 2 is 1.93 bits per heavy atom. The monoisotopic (exact) mass is 187 g/mol. The maximum absolute atomic E-state index is 11.9. The molecule has 1 spiro atoms. The molecule has 1 amide bonds. The van der Waals surface area contributed by atoms with Crippen LogP contribution in [0.4, 0.5) is 5.69 Å². The Morgan fingerprint density at radius 1 is 1.29 bits per heavy atom. The normalized spacial score (nSPS) is 27.6. The number of β-lactam (4-membered cyclic amide) rings is 1. The molecular formula is C12H13NO. The molecule has 1 aliphatic carbocycles. The molecule has 3 rings (SSSR count). The van der Waals surface area contributed by atoms with E-state index in [1.54, 1.807) is 0 Å². The summed E-state index contributed by atoms with van der Waals surface area (Å²) in [6.45, 7) is 2.15. The lowest BCUT2D eigenvalue weighted by Crippen LogP contribution is -2.61. The highest BCUT2D eigenvalue weighted by Gasteiger charge is 2.66. The van der Waals surface area contributed by atoms with Crippen molar-refractivity contribution in [1.82, 2.24) is 0 Å². The fourth-order valence-electron chi connectivity index (χ4n) is 2.47. The first-order valence-corrected chi connectivity index (χ1v) is 5.14. The third kappa shape index (κ3) is 0.788. The highest BCUT2D eigenvalue weighted by molar-refractivity contribution is 6.07. The van der Waals surface area contributed by atoms with E-state index in [-0.39, 0.29) is 5.41 Å². The summed E-state index contributed by atoms with van der Waals surface area (Å²) in [7, 11) is 0. The first-order valence-electron chi connectivity index (χ1n) is 5.14. The van der Waals surface area contributed by atoms with E-state index in [4.69, 9.17) is 0 Å². The highest BCUT2D eigenvalue weighted by Crippen LogP contribution is 2.59. The molecule has 72 valence electrons. The minimum atomic E-state index is 0.0514. The van der Waals surface area contributed by atoms with E-state index in [2.05, 4.69) is 6.92 Å². The summed E-state index contributed by atoms with van der Waals surface area (Å²) >= 11 is 0. The van der Waals surface area contributed by atoms with Gasteiger partial charge in [-0.2, -0.15) is 0 Å². The zero-order valence-electron chi connectivity index (χ0n) is 8.23. The quantitative estimate of drug-likeness (QED) is 0.617. The number of hydrogen-bond acceptors (Lipinski definition) is 1. The smallest absolute Gasteiger partial charge is 0.235 e. The molecule has 0 N–H and O–H groups in total. The van der Waals surface area contributed by atoms with Crippen molar-refractivity contribution in [3.05, 3.63) is 30.3 Å². The van der Waals surface area contributed by atoms with E-state index >= 15 is 0 Å². The number of carbonyl (C=O) groups is 1. The third-order valence-corrected chi connectivity index (χ3v) is 3.65. The van der Waals surface area contributed by atoms with Crippen LogP contribution >= 0.6 is 0 Å². The van der Waals surface area contributed by atoms with Crippen LogP contribution in [0.1, 0.15) is 19.8 Å². The second kappa shape index (κ2) is 2.38. The molecule has 2 heteroatoms. The zero-order chi connectivity index (χ0) is 9.76. The molecule has 2 aliphatic rings. The minimum Gasteiger partial charge on any atom is -0.308 e. The fourth-order valence-corrected chi connectivity index (χ4v) is 2.47. The number of benzene rings is 1. The van der Waals surface area contributed by atoms with Gasteiger partial charge in [-0.05, 0) is 31.9 Å². The molecule has 1 aromatic rings. The van der Waals surface area contributed by atoms with Crippen molar-refractivity contribution in [2.24, 2.45) is 5.41 Å². The Bertz CT molecular complexity index is 381. The van der Waals surface area contributed by atoms with Gasteiger partial charge in [0.2, 0.25) is 5.91 Å². The number of hydrogen-bond donors (Lipinski definition) is 0. The summed E-state index contributed by atoms with van der Waals surface area (Å²) in [4.78, 5) is 13.8. The van der Waals surface area contributed by atoms with E-state index in [1.807, 2.05) is 35.2 Å². The first kappa shape index (κ1) is 8.04. The van der Waals surface area contributed by atoms with Gasteiger partial charge in [-0.15, -0.1) is 0 Å². The van der Waals surface area contributed by atoms with Crippen LogP contribution < -0.4 is 4.90 Å². The topological polar surface area (TPSA) is 20.3 Å². The van der Waals surface area contributed by atoms with Gasteiger partial charge in [0.1, 0.15) is 0 Å². The molecule has 1 heterocycles. The molecule has 1 saturated carbocycles. The van der Waals surface area contributed by atoms with Crippen LogP contribution in [0.15, 0.2) is 30.3 Å². The third-order valence-electron chi connectivity index (χ3n) is 3.65. The van der Waals surface area contributed by atoms with Crippen molar-refractivity contribution in [2.75, 3.05) is 4.90 Å². The van der Waals surface area contributed by atoms with Crippen molar-refractivity contribution >= 4 is 11.6 Å². The Labute approximate surface area is 83.5 Å². The predicted molar refractivity (Wildman–Crippen MR) is 55.1 cm³/mol. The molecule has 1 aromatic carbocycles. The SMILES string of the molecule is CC1N(c2ccccc2)C(=O)C12CC2. The lowest BCUT2D eigenvalue weighted by molar-refractivity contribution is -0.131. The van der Waals surface area contributed by atoms with Crippen molar-refractivity contribution in [1.29, 1.82) is 0 Å². The van der Waals surface area contributed by atoms with Crippen LogP contribution in [0, 0.1) is 5.41 Å². The van der Waals surface area contributed by atoms with Crippen LogP contribution in [-0.4, -0.2) is 11.9 Å². The van der Waals surface area contributed by atoms with Gasteiger partial charge < -0.3 is 4.90 Å². The van der Waals surface area contributed by atoms with Crippen molar-refractivity contribution in [3.63, 3.8) is 0 Å². The van der Waals surface area contributed by atoms with Crippen LogP contribution in [0.2, 0.25) is 0 Å². The lowest BCUT2D eigenvalue weighted by atomic mass is 9.84. The number of rotatable bonds is 1. The second-order valence-electron chi connectivity index (χ2n) is 4.34. The maximum Gasteiger partial charge on any atom is 0.235 e. The average Bonchev–Trinajstić information content (AvgIpc) is 3.01. The fraction of sp³-hybridized carbons (Fsp3) is 0.417. The Hall–Kier alpha value is -1.31. The summed E-state index contributed by atoms with van der Waals surface area (Å²) in [5, 5.41) is 0. The Kier molecular flexibility index (Phi) is 1.37. The second-order valence-corrected chi connectivity index (χ2v) is 4.34. The molecule has 2 nitrogen and oxygen atoms in total. The van der Waals surface area contributed by atoms with Crippen LogP contribution in [0.3, 0.4) is 0 Å². The van der Waals surface area contributed by atoms with Gasteiger partial charge in [0.15, 0.2) is 0 Å². The Morgan fingerprint density at radius 3 is 2.43 bits per heavy atom. The number of anilines is 1. The van der Waals surface area contributed by atoms with Crippen LogP contribution in [0.5, 0.6) is 0 Å². The summed E-state index contributed by atoms with van der Waals surface area (Å²) in [5.41, 5.74) is 1.10. The van der Waals surface area contributed by atoms with Crippen molar-refractivity contribution < 1.29 is 4.79 Å². The molecular weight excluding hydrogens is 174 g/mol. The van der Waals surface area contributed by atoms with E-state index in [1.165, 1.54) is 0 Å². The van der Waals surface area contributed by atoms with E-state index in [0.717, 1.165) is 18.5 Å². The molecule has 14 heavy (non-hydrogen) atoms. The van der Waals surface area contributed by atoms with Crippen molar-refractivity contribution in [2.45, 2.75) is 25.8 Å². The van der Waals surface area contributed by atoms with Crippen LogP contribution in [0.25, 0.3) is 0 Å². The van der Waals surface area contributed by atoms with Gasteiger partial charge in [0.25, 0.3) is 0 Å². The molecule has 1 unspecified atom stereocenters. The van der Waals surface area contributed by atoms with E-state index in [0.29, 0.717) is 11.9 Å². The largest absolute Gasteiger partial charge is 0.308 e. The minimum absolute atomic E-state index is 0.0514. The number of carbonyl (C=O) groups excluding carboxylic acids is 1. The zero-order valence-corrected chi connectivity index (χ0v) is 8.23. The summed E-state index contributed by atoms with van der Waals surface area (Å²) in [5.74, 6) is 0.330. The highest BCUT2D eigenvalue weighted by atomic mass is 16.2. The number of nitrogens with zero attached hydrogens (tertiary/aromatic N) is 1. The molecule has 1 atom stereocenters. The summed E-state index contributed by atoms with van der Waals surface area (Å²) in [6.07, 6.45) is 2.19. The van der Waals surface area contributed by atoms with Gasteiger partial charge >= 0.3 is 0 Å². The van der Waals surface area contributed by atoms with Gasteiger partial charge in [-0.1, -0.05) is 18.2 Å². The number of para-hydroxylation sites is 1. The first-order chi connectivity index (χ1) is 6.76. The van der Waals surface area contributed by atoms with Gasteiger partial charge in [-0.3, -0.25) is 4.79 Å². The molecule has 0 aromatic heterocycles. The molecule has 2 fully saturated rings. The molecule has 0 bridgehead atoms. The summed E-state index contributed by atoms with van der Waals surface area (Å²) < 4.78 is 0.